The van der Waals surface area contributed by atoms with E-state index >= 15 is 0 Å². The second-order valence-electron chi connectivity index (χ2n) is 2.57. The van der Waals surface area contributed by atoms with Crippen molar-refractivity contribution in [2.24, 2.45) is 5.92 Å². The number of carboxylic acid groups (broad SMARTS) is 1. The van der Waals surface area contributed by atoms with Crippen LogP contribution in [0.5, 0.6) is 0 Å². The molecule has 0 amide bonds. The fraction of sp³-hybridized carbons (Fsp3) is 0.875. The van der Waals surface area contributed by atoms with Gasteiger partial charge in [-0.25, -0.2) is 0 Å². The van der Waals surface area contributed by atoms with Crippen LogP contribution in [0.15, 0.2) is 0 Å². The number of carbonyl (C=O) groups is 1. The van der Waals surface area contributed by atoms with Gasteiger partial charge in [0.2, 0.25) is 0 Å². The summed E-state index contributed by atoms with van der Waals surface area (Å²) in [5, 5.41) is 10.3. The van der Waals surface area contributed by atoms with Crippen LogP contribution in [0.4, 0.5) is 0 Å². The van der Waals surface area contributed by atoms with Crippen LogP contribution in [0, 0.1) is 5.92 Å². The van der Waals surface area contributed by atoms with E-state index in [0.29, 0.717) is 6.42 Å². The number of carbonyl (C=O) groups excluding carboxylic acids is 1. The molecule has 0 aromatic carbocycles. The van der Waals surface area contributed by atoms with Gasteiger partial charge in [0.05, 0.1) is 0 Å². The topological polar surface area (TPSA) is 40.1 Å². The average molecular weight is 229 g/mol. The first kappa shape index (κ1) is 14.8. The largest absolute Gasteiger partial charge is 1.00 e. The van der Waals surface area contributed by atoms with Crippen LogP contribution in [0.25, 0.3) is 0 Å². The van der Waals surface area contributed by atoms with E-state index in [0.717, 1.165) is 19.3 Å². The molecule has 1 atom stereocenters. The molecule has 0 aliphatic rings. The molecule has 0 aliphatic heterocycles. The zero-order chi connectivity index (χ0) is 7.98. The van der Waals surface area contributed by atoms with Gasteiger partial charge in [-0.3, -0.25) is 0 Å². The second kappa shape index (κ2) is 9.36. The van der Waals surface area contributed by atoms with Crippen molar-refractivity contribution in [3.8, 4) is 0 Å². The molecule has 0 bridgehead atoms. The molecular weight excluding hydrogens is 214 g/mol. The Hall–Kier alpha value is 1.28. The van der Waals surface area contributed by atoms with Crippen molar-refractivity contribution in [1.82, 2.24) is 0 Å². The third-order valence-electron chi connectivity index (χ3n) is 1.73. The van der Waals surface area contributed by atoms with E-state index in [4.69, 9.17) is 0 Å². The summed E-state index contributed by atoms with van der Waals surface area (Å²) in [5.74, 6) is -1.11. The molecular formula is C8H15O2Rb. The van der Waals surface area contributed by atoms with Gasteiger partial charge in [0, 0.05) is 5.97 Å². The van der Waals surface area contributed by atoms with E-state index in [1.165, 1.54) is 0 Å². The van der Waals surface area contributed by atoms with Crippen LogP contribution in [-0.2, 0) is 4.79 Å². The van der Waals surface area contributed by atoms with Crippen LogP contribution in [0.2, 0.25) is 0 Å². The van der Waals surface area contributed by atoms with E-state index in [1.54, 1.807) is 0 Å². The summed E-state index contributed by atoms with van der Waals surface area (Å²) in [6.45, 7) is 3.94. The summed E-state index contributed by atoms with van der Waals surface area (Å²) in [7, 11) is 0. The van der Waals surface area contributed by atoms with Crippen LogP contribution in [0.3, 0.4) is 0 Å². The van der Waals surface area contributed by atoms with E-state index in [-0.39, 0.29) is 64.1 Å². The third-order valence-corrected chi connectivity index (χ3v) is 1.73. The van der Waals surface area contributed by atoms with Gasteiger partial charge in [-0.2, -0.15) is 0 Å². The molecule has 0 aliphatic carbocycles. The minimum Gasteiger partial charge on any atom is -0.550 e. The van der Waals surface area contributed by atoms with Crippen molar-refractivity contribution in [3.63, 3.8) is 0 Å². The minimum absolute atomic E-state index is 0. The predicted molar refractivity (Wildman–Crippen MR) is 38.3 cm³/mol. The normalized spacial score (nSPS) is 11.8. The molecule has 0 rings (SSSR count). The first-order valence-corrected chi connectivity index (χ1v) is 3.93. The number of aliphatic carboxylic acids is 1. The van der Waals surface area contributed by atoms with Crippen molar-refractivity contribution in [1.29, 1.82) is 0 Å². The fourth-order valence-electron chi connectivity index (χ4n) is 0.939. The van der Waals surface area contributed by atoms with Gasteiger partial charge in [0.15, 0.2) is 0 Å². The van der Waals surface area contributed by atoms with Crippen LogP contribution >= 0.6 is 0 Å². The summed E-state index contributed by atoms with van der Waals surface area (Å²) in [6, 6.07) is 0. The summed E-state index contributed by atoms with van der Waals surface area (Å²) >= 11 is 0. The molecule has 2 nitrogen and oxygen atoms in total. The molecule has 0 radical (unpaired) electrons. The molecule has 0 fully saturated rings. The molecule has 0 saturated carbocycles. The Morgan fingerprint density at radius 2 is 2.00 bits per heavy atom. The average Bonchev–Trinajstić information content (AvgIpc) is 1.89. The minimum atomic E-state index is -0.893. The maximum absolute atomic E-state index is 10.3. The van der Waals surface area contributed by atoms with Crippen molar-refractivity contribution in [2.45, 2.75) is 39.5 Å². The zero-order valence-electron chi connectivity index (χ0n) is 7.72. The van der Waals surface area contributed by atoms with E-state index in [2.05, 4.69) is 6.92 Å². The predicted octanol–water partition coefficient (Wildman–Crippen LogP) is -2.04. The van der Waals surface area contributed by atoms with Crippen molar-refractivity contribution in [3.05, 3.63) is 0 Å². The summed E-state index contributed by atoms with van der Waals surface area (Å²) in [4.78, 5) is 10.3. The molecule has 0 spiro atoms. The van der Waals surface area contributed by atoms with E-state index in [1.807, 2.05) is 6.92 Å². The maximum Gasteiger partial charge on any atom is 1.00 e. The third kappa shape index (κ3) is 7.63. The first-order valence-electron chi connectivity index (χ1n) is 3.93. The molecule has 0 saturated heterocycles. The number of carboxylic acids is 1. The van der Waals surface area contributed by atoms with Crippen LogP contribution in [0.1, 0.15) is 39.5 Å². The van der Waals surface area contributed by atoms with Gasteiger partial charge < -0.3 is 9.90 Å². The summed E-state index contributed by atoms with van der Waals surface area (Å²) in [6.07, 6.45) is 3.52. The first-order chi connectivity index (χ1) is 4.72. The number of unbranched alkanes of at least 4 members (excludes halogenated alkanes) is 1. The smallest absolute Gasteiger partial charge is 0.550 e. The Morgan fingerprint density at radius 1 is 1.45 bits per heavy atom. The van der Waals surface area contributed by atoms with E-state index < -0.39 is 5.97 Å². The monoisotopic (exact) mass is 228 g/mol. The Balaban J connectivity index is 0. The van der Waals surface area contributed by atoms with Crippen molar-refractivity contribution in [2.75, 3.05) is 0 Å². The molecule has 0 aromatic heterocycles. The van der Waals surface area contributed by atoms with Gasteiger partial charge in [-0.05, 0) is 18.8 Å². The zero-order valence-corrected chi connectivity index (χ0v) is 12.6. The van der Waals surface area contributed by atoms with Gasteiger partial charge in [0.1, 0.15) is 0 Å². The molecule has 3 heteroatoms. The van der Waals surface area contributed by atoms with Gasteiger partial charge in [0.25, 0.3) is 0 Å². The molecule has 0 heterocycles. The van der Waals surface area contributed by atoms with Crippen LogP contribution < -0.4 is 63.3 Å². The quantitative estimate of drug-likeness (QED) is 0.544. The molecule has 0 N–H and O–H groups in total. The SMILES string of the molecule is CCCCC(CC)C(=O)[O-].[Rb+]. The fourth-order valence-corrected chi connectivity index (χ4v) is 0.939. The molecule has 60 valence electrons. The second-order valence-corrected chi connectivity index (χ2v) is 2.57. The molecule has 0 aromatic rings. The van der Waals surface area contributed by atoms with Gasteiger partial charge in [-0.1, -0.05) is 26.7 Å². The van der Waals surface area contributed by atoms with Crippen molar-refractivity contribution >= 4 is 5.97 Å². The molecule has 1 unspecified atom stereocenters. The van der Waals surface area contributed by atoms with E-state index in [9.17, 15) is 9.90 Å². The number of rotatable bonds is 5. The Bertz CT molecular complexity index is 104. The van der Waals surface area contributed by atoms with Crippen LogP contribution in [-0.4, -0.2) is 5.97 Å². The van der Waals surface area contributed by atoms with Crippen molar-refractivity contribution < 1.29 is 68.1 Å². The van der Waals surface area contributed by atoms with Gasteiger partial charge >= 0.3 is 58.2 Å². The standard InChI is InChI=1S/C8H16O2.Rb/c1-3-5-6-7(4-2)8(9)10;/h7H,3-6H2,1-2H3,(H,9,10);/q;+1/p-1. The Labute approximate surface area is 118 Å². The Morgan fingerprint density at radius 3 is 2.27 bits per heavy atom. The summed E-state index contributed by atoms with van der Waals surface area (Å²) in [5.41, 5.74) is 0. The van der Waals surface area contributed by atoms with Gasteiger partial charge in [-0.15, -0.1) is 0 Å². The number of hydrogen-bond donors (Lipinski definition) is 0. The Kier molecular flexibility index (Phi) is 12.6. The number of hydrogen-bond acceptors (Lipinski definition) is 2. The maximum atomic E-state index is 10.3. The summed E-state index contributed by atoms with van der Waals surface area (Å²) < 4.78 is 0. The molecule has 11 heavy (non-hydrogen) atoms.